The first-order valence-corrected chi connectivity index (χ1v) is 4.54. The number of alkyl halides is 1. The Bertz CT molecular complexity index is 434. The van der Waals surface area contributed by atoms with Crippen LogP contribution in [0.5, 0.6) is 0 Å². The molecule has 80 valence electrons. The number of aryl methyl sites for hydroxylation is 1. The van der Waals surface area contributed by atoms with Gasteiger partial charge in [0.25, 0.3) is 5.69 Å². The maximum Gasteiger partial charge on any atom is 0.283 e. The Hall–Kier alpha value is -1.49. The van der Waals surface area contributed by atoms with Crippen molar-refractivity contribution in [2.45, 2.75) is 6.92 Å². The molecule has 0 N–H and O–H groups in total. The van der Waals surface area contributed by atoms with Gasteiger partial charge in [-0.05, 0) is 18.6 Å². The fraction of sp³-hybridized carbons (Fsp3) is 0.222. The molecule has 0 aliphatic rings. The van der Waals surface area contributed by atoms with Crippen molar-refractivity contribution in [3.05, 3.63) is 39.2 Å². The number of nitro benzene ring substituents is 1. The van der Waals surface area contributed by atoms with Gasteiger partial charge in [0.2, 0.25) is 0 Å². The molecule has 1 aromatic rings. The molecule has 0 aliphatic heterocycles. The number of carbonyl (C=O) groups is 1. The molecule has 0 aromatic heterocycles. The van der Waals surface area contributed by atoms with E-state index < -0.39 is 33.7 Å². The molecular formula is C9H7ClFNO3. The van der Waals surface area contributed by atoms with Crippen LogP contribution >= 0.6 is 11.6 Å². The van der Waals surface area contributed by atoms with Gasteiger partial charge in [-0.3, -0.25) is 14.9 Å². The van der Waals surface area contributed by atoms with Crippen LogP contribution in [0.25, 0.3) is 0 Å². The predicted octanol–water partition coefficient (Wildman–Crippen LogP) is 2.46. The highest BCUT2D eigenvalue weighted by atomic mass is 35.5. The number of hydrogen-bond acceptors (Lipinski definition) is 3. The van der Waals surface area contributed by atoms with Gasteiger partial charge in [0.1, 0.15) is 11.4 Å². The second-order valence-corrected chi connectivity index (χ2v) is 3.22. The van der Waals surface area contributed by atoms with E-state index >= 15 is 0 Å². The van der Waals surface area contributed by atoms with Crippen LogP contribution in [0.1, 0.15) is 15.9 Å². The Morgan fingerprint density at radius 2 is 2.20 bits per heavy atom. The summed E-state index contributed by atoms with van der Waals surface area (Å²) in [6.45, 7) is 1.50. The van der Waals surface area contributed by atoms with Crippen LogP contribution in [0.3, 0.4) is 0 Å². The average molecular weight is 232 g/mol. The number of nitro groups is 1. The number of ketones is 1. The number of rotatable bonds is 3. The summed E-state index contributed by atoms with van der Waals surface area (Å²) >= 11 is 5.24. The summed E-state index contributed by atoms with van der Waals surface area (Å²) in [5.41, 5.74) is -0.718. The van der Waals surface area contributed by atoms with Crippen molar-refractivity contribution in [1.29, 1.82) is 0 Å². The van der Waals surface area contributed by atoms with E-state index in [1.165, 1.54) is 6.92 Å². The highest BCUT2D eigenvalue weighted by Gasteiger charge is 2.24. The first-order valence-electron chi connectivity index (χ1n) is 4.01. The largest absolute Gasteiger partial charge is 0.292 e. The smallest absolute Gasteiger partial charge is 0.283 e. The van der Waals surface area contributed by atoms with E-state index in [4.69, 9.17) is 11.6 Å². The predicted molar refractivity (Wildman–Crippen MR) is 52.8 cm³/mol. The highest BCUT2D eigenvalue weighted by Crippen LogP contribution is 2.24. The molecule has 0 saturated carbocycles. The van der Waals surface area contributed by atoms with Crippen LogP contribution in [0.2, 0.25) is 0 Å². The van der Waals surface area contributed by atoms with Crippen LogP contribution in [0, 0.1) is 22.9 Å². The van der Waals surface area contributed by atoms with Gasteiger partial charge in [0.15, 0.2) is 5.78 Å². The van der Waals surface area contributed by atoms with Crippen molar-refractivity contribution in [3.8, 4) is 0 Å². The van der Waals surface area contributed by atoms with E-state index in [2.05, 4.69) is 0 Å². The van der Waals surface area contributed by atoms with Gasteiger partial charge in [0.05, 0.1) is 10.8 Å². The first-order chi connectivity index (χ1) is 6.97. The standard InChI is InChI=1S/C9H7ClFNO3/c1-5-2-6(11)9(8(13)4-10)7(3-5)12(14)15/h2-3H,4H2,1H3. The Morgan fingerprint density at radius 3 is 2.67 bits per heavy atom. The van der Waals surface area contributed by atoms with Gasteiger partial charge in [-0.1, -0.05) is 0 Å². The Balaban J connectivity index is 3.46. The lowest BCUT2D eigenvalue weighted by atomic mass is 10.1. The number of carbonyl (C=O) groups excluding carboxylic acids is 1. The maximum absolute atomic E-state index is 13.3. The Kier molecular flexibility index (Phi) is 3.36. The van der Waals surface area contributed by atoms with Crippen LogP contribution in [0.15, 0.2) is 12.1 Å². The molecule has 15 heavy (non-hydrogen) atoms. The Morgan fingerprint density at radius 1 is 1.60 bits per heavy atom. The number of nitrogens with zero attached hydrogens (tertiary/aromatic N) is 1. The zero-order valence-electron chi connectivity index (χ0n) is 7.79. The third-order valence-electron chi connectivity index (χ3n) is 1.81. The minimum absolute atomic E-state index is 0.380. The summed E-state index contributed by atoms with van der Waals surface area (Å²) in [6, 6.07) is 2.20. The SMILES string of the molecule is Cc1cc(F)c(C(=O)CCl)c([N+](=O)[O-])c1. The van der Waals surface area contributed by atoms with Crippen molar-refractivity contribution in [1.82, 2.24) is 0 Å². The molecule has 0 fully saturated rings. The fourth-order valence-electron chi connectivity index (χ4n) is 1.21. The summed E-state index contributed by atoms with van der Waals surface area (Å²) in [5.74, 6) is -2.19. The highest BCUT2D eigenvalue weighted by molar-refractivity contribution is 6.31. The lowest BCUT2D eigenvalue weighted by molar-refractivity contribution is -0.385. The van der Waals surface area contributed by atoms with Crippen molar-refractivity contribution >= 4 is 23.1 Å². The van der Waals surface area contributed by atoms with Crippen LogP contribution < -0.4 is 0 Å². The molecular weight excluding hydrogens is 225 g/mol. The lowest BCUT2D eigenvalue weighted by Crippen LogP contribution is -2.08. The minimum atomic E-state index is -0.910. The maximum atomic E-state index is 13.3. The molecule has 1 aromatic carbocycles. The van der Waals surface area contributed by atoms with Gasteiger partial charge in [-0.25, -0.2) is 4.39 Å². The van der Waals surface area contributed by atoms with E-state index in [0.29, 0.717) is 5.56 Å². The van der Waals surface area contributed by atoms with Crippen molar-refractivity contribution in [2.24, 2.45) is 0 Å². The van der Waals surface area contributed by atoms with Gasteiger partial charge in [-0.15, -0.1) is 11.6 Å². The van der Waals surface area contributed by atoms with Crippen LogP contribution in [-0.4, -0.2) is 16.6 Å². The number of hydrogen-bond donors (Lipinski definition) is 0. The molecule has 0 saturated heterocycles. The van der Waals surface area contributed by atoms with Gasteiger partial charge in [-0.2, -0.15) is 0 Å². The summed E-state index contributed by atoms with van der Waals surface area (Å²) in [7, 11) is 0. The average Bonchev–Trinajstić information content (AvgIpc) is 2.15. The second kappa shape index (κ2) is 4.35. The third-order valence-corrected chi connectivity index (χ3v) is 2.05. The molecule has 0 atom stereocenters. The summed E-state index contributed by atoms with van der Waals surface area (Å²) in [5, 5.41) is 10.6. The third kappa shape index (κ3) is 2.30. The van der Waals surface area contributed by atoms with E-state index in [9.17, 15) is 19.3 Å². The Labute approximate surface area is 89.8 Å². The summed E-state index contributed by atoms with van der Waals surface area (Å²) < 4.78 is 13.3. The zero-order valence-corrected chi connectivity index (χ0v) is 8.55. The molecule has 0 unspecified atom stereocenters. The normalized spacial score (nSPS) is 10.1. The first kappa shape index (κ1) is 11.6. The van der Waals surface area contributed by atoms with Crippen molar-refractivity contribution in [2.75, 3.05) is 5.88 Å². The van der Waals surface area contributed by atoms with E-state index in [0.717, 1.165) is 12.1 Å². The molecule has 0 radical (unpaired) electrons. The molecule has 4 nitrogen and oxygen atoms in total. The van der Waals surface area contributed by atoms with Gasteiger partial charge >= 0.3 is 0 Å². The fourth-order valence-corrected chi connectivity index (χ4v) is 1.34. The zero-order chi connectivity index (χ0) is 11.6. The van der Waals surface area contributed by atoms with E-state index in [1.54, 1.807) is 0 Å². The number of halogens is 2. The van der Waals surface area contributed by atoms with E-state index in [1.807, 2.05) is 0 Å². The van der Waals surface area contributed by atoms with Crippen LogP contribution in [-0.2, 0) is 0 Å². The topological polar surface area (TPSA) is 60.2 Å². The number of Topliss-reactive ketones (excluding diaryl/α,β-unsaturated/α-hetero) is 1. The molecule has 0 spiro atoms. The summed E-state index contributed by atoms with van der Waals surface area (Å²) in [4.78, 5) is 21.0. The molecule has 0 amide bonds. The monoisotopic (exact) mass is 231 g/mol. The van der Waals surface area contributed by atoms with Gasteiger partial charge < -0.3 is 0 Å². The molecule has 0 bridgehead atoms. The molecule has 6 heteroatoms. The molecule has 1 rings (SSSR count). The number of benzene rings is 1. The second-order valence-electron chi connectivity index (χ2n) is 2.95. The quantitative estimate of drug-likeness (QED) is 0.347. The lowest BCUT2D eigenvalue weighted by Gasteiger charge is -2.02. The molecule has 0 heterocycles. The van der Waals surface area contributed by atoms with Crippen molar-refractivity contribution in [3.63, 3.8) is 0 Å². The van der Waals surface area contributed by atoms with Crippen molar-refractivity contribution < 1.29 is 14.1 Å². The minimum Gasteiger partial charge on any atom is -0.292 e. The summed E-state index contributed by atoms with van der Waals surface area (Å²) in [6.07, 6.45) is 0. The van der Waals surface area contributed by atoms with Gasteiger partial charge in [0, 0.05) is 6.07 Å². The van der Waals surface area contributed by atoms with E-state index in [-0.39, 0.29) is 0 Å². The van der Waals surface area contributed by atoms with Crippen LogP contribution in [0.4, 0.5) is 10.1 Å². The molecule has 0 aliphatic carbocycles.